The Morgan fingerprint density at radius 1 is 1.38 bits per heavy atom. The van der Waals surface area contributed by atoms with Gasteiger partial charge in [-0.15, -0.1) is 0 Å². The minimum absolute atomic E-state index is 0.00660. The summed E-state index contributed by atoms with van der Waals surface area (Å²) in [7, 11) is 0. The maximum atomic E-state index is 12.1. The number of hydrogen-bond acceptors (Lipinski definition) is 3. The predicted molar refractivity (Wildman–Crippen MR) is 82.8 cm³/mol. The summed E-state index contributed by atoms with van der Waals surface area (Å²) in [4.78, 5) is 26.1. The fourth-order valence-corrected chi connectivity index (χ4v) is 3.13. The average molecular weight is 298 g/mol. The van der Waals surface area contributed by atoms with Crippen LogP contribution in [-0.4, -0.2) is 46.1 Å². The molecule has 0 saturated carbocycles. The molecule has 5 heteroatoms. The van der Waals surface area contributed by atoms with Crippen molar-refractivity contribution in [3.05, 3.63) is 0 Å². The van der Waals surface area contributed by atoms with E-state index in [2.05, 4.69) is 5.32 Å². The second-order valence-electron chi connectivity index (χ2n) is 6.44. The number of carbonyl (C=O) groups is 2. The maximum Gasteiger partial charge on any atom is 0.245 e. The normalized spacial score (nSPS) is 19.4. The van der Waals surface area contributed by atoms with Gasteiger partial charge in [-0.25, -0.2) is 0 Å². The van der Waals surface area contributed by atoms with Crippen LogP contribution in [-0.2, 0) is 9.59 Å². The van der Waals surface area contributed by atoms with Crippen molar-refractivity contribution in [2.75, 3.05) is 6.54 Å². The Morgan fingerprint density at radius 3 is 2.38 bits per heavy atom. The molecule has 1 rings (SSSR count). The van der Waals surface area contributed by atoms with Gasteiger partial charge < -0.3 is 15.3 Å². The lowest BCUT2D eigenvalue weighted by Crippen LogP contribution is -2.45. The third-order valence-corrected chi connectivity index (χ3v) is 4.12. The molecule has 1 atom stereocenters. The van der Waals surface area contributed by atoms with Crippen LogP contribution in [0.5, 0.6) is 0 Å². The van der Waals surface area contributed by atoms with E-state index < -0.39 is 11.6 Å². The van der Waals surface area contributed by atoms with Gasteiger partial charge in [0.15, 0.2) is 0 Å². The molecule has 0 aromatic heterocycles. The SMILES string of the molecule is CCCC(O)(CCC)CC(=O)NC1CCN(C(C)C)C1=O. The minimum Gasteiger partial charge on any atom is -0.389 e. The molecular weight excluding hydrogens is 268 g/mol. The van der Waals surface area contributed by atoms with Crippen LogP contribution in [0.2, 0.25) is 0 Å². The lowest BCUT2D eigenvalue weighted by atomic mass is 9.89. The zero-order valence-corrected chi connectivity index (χ0v) is 13.8. The van der Waals surface area contributed by atoms with E-state index in [0.717, 1.165) is 12.8 Å². The maximum absolute atomic E-state index is 12.1. The van der Waals surface area contributed by atoms with Crippen molar-refractivity contribution in [2.45, 2.75) is 83.9 Å². The quantitative estimate of drug-likeness (QED) is 0.718. The van der Waals surface area contributed by atoms with E-state index in [1.807, 2.05) is 27.7 Å². The van der Waals surface area contributed by atoms with Gasteiger partial charge in [0.25, 0.3) is 0 Å². The van der Waals surface area contributed by atoms with Gasteiger partial charge in [-0.2, -0.15) is 0 Å². The van der Waals surface area contributed by atoms with Crippen LogP contribution >= 0.6 is 0 Å². The Kier molecular flexibility index (Phi) is 6.65. The zero-order chi connectivity index (χ0) is 16.0. The molecule has 2 N–H and O–H groups in total. The van der Waals surface area contributed by atoms with E-state index in [0.29, 0.717) is 25.8 Å². The highest BCUT2D eigenvalue weighted by atomic mass is 16.3. The van der Waals surface area contributed by atoms with Gasteiger partial charge in [-0.1, -0.05) is 26.7 Å². The van der Waals surface area contributed by atoms with Crippen LogP contribution in [0.15, 0.2) is 0 Å². The van der Waals surface area contributed by atoms with E-state index in [-0.39, 0.29) is 24.3 Å². The molecule has 0 radical (unpaired) electrons. The molecule has 21 heavy (non-hydrogen) atoms. The van der Waals surface area contributed by atoms with Crippen LogP contribution in [0.25, 0.3) is 0 Å². The van der Waals surface area contributed by atoms with Gasteiger partial charge in [-0.3, -0.25) is 9.59 Å². The Hall–Kier alpha value is -1.10. The highest BCUT2D eigenvalue weighted by Crippen LogP contribution is 2.24. The van der Waals surface area contributed by atoms with Crippen molar-refractivity contribution in [2.24, 2.45) is 0 Å². The molecule has 1 fully saturated rings. The number of aliphatic hydroxyl groups is 1. The Morgan fingerprint density at radius 2 is 1.95 bits per heavy atom. The lowest BCUT2D eigenvalue weighted by Gasteiger charge is -2.27. The summed E-state index contributed by atoms with van der Waals surface area (Å²) in [6.45, 7) is 8.64. The molecule has 122 valence electrons. The van der Waals surface area contributed by atoms with E-state index >= 15 is 0 Å². The van der Waals surface area contributed by atoms with Crippen molar-refractivity contribution in [1.29, 1.82) is 0 Å². The van der Waals surface area contributed by atoms with Gasteiger partial charge in [0.2, 0.25) is 11.8 Å². The van der Waals surface area contributed by atoms with Crippen molar-refractivity contribution in [1.82, 2.24) is 10.2 Å². The van der Waals surface area contributed by atoms with Crippen molar-refractivity contribution in [3.63, 3.8) is 0 Å². The molecule has 0 aromatic rings. The Labute approximate surface area is 128 Å². The molecule has 5 nitrogen and oxygen atoms in total. The van der Waals surface area contributed by atoms with Crippen LogP contribution in [0, 0.1) is 0 Å². The molecule has 0 bridgehead atoms. The van der Waals surface area contributed by atoms with E-state index in [1.165, 1.54) is 0 Å². The summed E-state index contributed by atoms with van der Waals surface area (Å²) in [5.74, 6) is -0.226. The van der Waals surface area contributed by atoms with Gasteiger partial charge >= 0.3 is 0 Å². The van der Waals surface area contributed by atoms with Crippen LogP contribution in [0.3, 0.4) is 0 Å². The van der Waals surface area contributed by atoms with Crippen molar-refractivity contribution >= 4 is 11.8 Å². The van der Waals surface area contributed by atoms with E-state index in [4.69, 9.17) is 0 Å². The van der Waals surface area contributed by atoms with Gasteiger partial charge in [-0.05, 0) is 33.1 Å². The monoisotopic (exact) mass is 298 g/mol. The first kappa shape index (κ1) is 18.0. The van der Waals surface area contributed by atoms with Gasteiger partial charge in [0.1, 0.15) is 6.04 Å². The number of nitrogens with zero attached hydrogens (tertiary/aromatic N) is 1. The smallest absolute Gasteiger partial charge is 0.245 e. The number of amides is 2. The first-order valence-corrected chi connectivity index (χ1v) is 8.15. The topological polar surface area (TPSA) is 69.6 Å². The van der Waals surface area contributed by atoms with E-state index in [9.17, 15) is 14.7 Å². The third-order valence-electron chi connectivity index (χ3n) is 4.12. The highest BCUT2D eigenvalue weighted by molar-refractivity contribution is 5.89. The standard InChI is InChI=1S/C16H30N2O3/c1-5-8-16(21,9-6-2)11-14(19)17-13-7-10-18(12(3)4)15(13)20/h12-13,21H,5-11H2,1-4H3,(H,17,19). The first-order chi connectivity index (χ1) is 9.83. The van der Waals surface area contributed by atoms with Crippen molar-refractivity contribution < 1.29 is 14.7 Å². The number of nitrogens with one attached hydrogen (secondary N) is 1. The summed E-state index contributed by atoms with van der Waals surface area (Å²) in [6, 6.07) is -0.260. The van der Waals surface area contributed by atoms with E-state index in [1.54, 1.807) is 4.90 Å². The molecule has 1 saturated heterocycles. The Bertz CT molecular complexity index is 363. The second kappa shape index (κ2) is 7.78. The molecule has 1 aliphatic heterocycles. The van der Waals surface area contributed by atoms with Crippen LogP contribution in [0.4, 0.5) is 0 Å². The van der Waals surface area contributed by atoms with Crippen molar-refractivity contribution in [3.8, 4) is 0 Å². The number of hydrogen-bond donors (Lipinski definition) is 2. The highest BCUT2D eigenvalue weighted by Gasteiger charge is 2.35. The first-order valence-electron chi connectivity index (χ1n) is 8.15. The summed E-state index contributed by atoms with van der Waals surface area (Å²) in [5, 5.41) is 13.3. The summed E-state index contributed by atoms with van der Waals surface area (Å²) < 4.78 is 0. The number of carbonyl (C=O) groups excluding carboxylic acids is 2. The minimum atomic E-state index is -0.938. The fourth-order valence-electron chi connectivity index (χ4n) is 3.13. The molecule has 0 spiro atoms. The van der Waals surface area contributed by atoms with Crippen LogP contribution in [0.1, 0.15) is 66.2 Å². The number of likely N-dealkylation sites (tertiary alicyclic amines) is 1. The zero-order valence-electron chi connectivity index (χ0n) is 13.8. The molecule has 2 amide bonds. The molecule has 1 heterocycles. The summed E-state index contributed by atoms with van der Waals surface area (Å²) in [5.41, 5.74) is -0.938. The predicted octanol–water partition coefficient (Wildman–Crippen LogP) is 1.83. The largest absolute Gasteiger partial charge is 0.389 e. The molecule has 0 aromatic carbocycles. The molecule has 1 unspecified atom stereocenters. The third kappa shape index (κ3) is 4.99. The fraction of sp³-hybridized carbons (Fsp3) is 0.875. The summed E-state index contributed by atoms with van der Waals surface area (Å²) >= 11 is 0. The number of rotatable bonds is 8. The second-order valence-corrected chi connectivity index (χ2v) is 6.44. The lowest BCUT2D eigenvalue weighted by molar-refractivity contribution is -0.135. The molecular formula is C16H30N2O3. The van der Waals surface area contributed by atoms with Gasteiger partial charge in [0.05, 0.1) is 12.0 Å². The Balaban J connectivity index is 2.55. The molecule has 0 aliphatic carbocycles. The van der Waals surface area contributed by atoms with Crippen LogP contribution < -0.4 is 5.32 Å². The summed E-state index contributed by atoms with van der Waals surface area (Å²) in [6.07, 6.45) is 3.65. The average Bonchev–Trinajstić information content (AvgIpc) is 2.71. The van der Waals surface area contributed by atoms with Gasteiger partial charge in [0, 0.05) is 12.6 Å². The molecule has 1 aliphatic rings.